The van der Waals surface area contributed by atoms with E-state index in [9.17, 15) is 19.5 Å². The lowest BCUT2D eigenvalue weighted by Gasteiger charge is -2.40. The van der Waals surface area contributed by atoms with E-state index >= 15 is 0 Å². The van der Waals surface area contributed by atoms with Crippen LogP contribution in [-0.4, -0.2) is 76.6 Å². The van der Waals surface area contributed by atoms with Crippen molar-refractivity contribution in [1.82, 2.24) is 9.80 Å². The van der Waals surface area contributed by atoms with Gasteiger partial charge in [0.2, 0.25) is 11.8 Å². The zero-order valence-corrected chi connectivity index (χ0v) is 25.1. The van der Waals surface area contributed by atoms with Gasteiger partial charge < -0.3 is 24.5 Å². The fourth-order valence-electron chi connectivity index (χ4n) is 7.44. The third kappa shape index (κ3) is 4.48. The van der Waals surface area contributed by atoms with Crippen LogP contribution >= 0.6 is 11.6 Å². The summed E-state index contributed by atoms with van der Waals surface area (Å²) in [4.78, 5) is 48.1. The second kappa shape index (κ2) is 11.3. The molecule has 2 aromatic carbocycles. The molecule has 2 aromatic rings. The molecular weight excluding hydrogens is 554 g/mol. The summed E-state index contributed by atoms with van der Waals surface area (Å²) >= 11 is 6.66. The van der Waals surface area contributed by atoms with Crippen molar-refractivity contribution in [3.8, 4) is 0 Å². The van der Waals surface area contributed by atoms with Gasteiger partial charge in [0.05, 0.1) is 40.8 Å². The number of fused-ring (bicyclic) bond motifs is 1. The number of likely N-dealkylation sites (N-methyl/N-ethyl adjacent to an activating group) is 1. The molecule has 9 heteroatoms. The molecule has 3 saturated heterocycles. The number of carbonyl (C=O) groups is 3. The smallest absolute Gasteiger partial charge is 0.253 e. The minimum Gasteiger partial charge on any atom is -0.394 e. The number of anilines is 1. The Labute approximate surface area is 252 Å². The largest absolute Gasteiger partial charge is 0.394 e. The van der Waals surface area contributed by atoms with Gasteiger partial charge in [-0.2, -0.15) is 0 Å². The Morgan fingerprint density at radius 2 is 1.81 bits per heavy atom. The highest BCUT2D eigenvalue weighted by Gasteiger charge is 2.79. The second-order valence-corrected chi connectivity index (χ2v) is 12.1. The molecule has 3 amide bonds. The summed E-state index contributed by atoms with van der Waals surface area (Å²) in [6.45, 7) is 11.4. The van der Waals surface area contributed by atoms with Gasteiger partial charge in [0, 0.05) is 20.1 Å². The molecule has 0 saturated carbocycles. The molecule has 3 aliphatic heterocycles. The van der Waals surface area contributed by atoms with Crippen molar-refractivity contribution in [1.29, 1.82) is 0 Å². The first-order chi connectivity index (χ1) is 20.1. The van der Waals surface area contributed by atoms with E-state index in [-0.39, 0.29) is 18.4 Å². The standard InChI is InChI=1S/C33H38ClN3O5/c1-6-18-35(5)29(39)25-26-30(40)37(24(20-38)22-13-9-8-10-14-22)28(33(26)17-16-32(25,4)42-33)31(41)36(19-7-2)27-21(3)12-11-15-23(27)34/h6-15,24-26,28,38H,1-2,16-20H2,3-5H3/t24-,25-,26+,28?,32+,33?/m1/s1. The highest BCUT2D eigenvalue weighted by Crippen LogP contribution is 2.64. The SMILES string of the molecule is C=CCN(C)C(=O)[C@H]1[C@H]2C(=O)N([C@H](CO)c3ccccc3)C(C(=O)N(CC=C)c3c(C)cccc3Cl)C23CC[C@]1(C)O3. The lowest BCUT2D eigenvalue weighted by molar-refractivity contribution is -0.151. The van der Waals surface area contributed by atoms with Crippen molar-refractivity contribution in [3.63, 3.8) is 0 Å². The Kier molecular flexibility index (Phi) is 8.09. The lowest BCUT2D eigenvalue weighted by Crippen LogP contribution is -2.57. The molecular formula is C33H38ClN3O5. The highest BCUT2D eigenvalue weighted by molar-refractivity contribution is 6.34. The minimum atomic E-state index is -1.27. The maximum absolute atomic E-state index is 14.9. The fraction of sp³-hybridized carbons (Fsp3) is 0.424. The van der Waals surface area contributed by atoms with Gasteiger partial charge in [0.25, 0.3) is 5.91 Å². The number of hydrogen-bond acceptors (Lipinski definition) is 5. The van der Waals surface area contributed by atoms with Crippen molar-refractivity contribution >= 4 is 35.0 Å². The number of halogens is 1. The first-order valence-electron chi connectivity index (χ1n) is 14.3. The van der Waals surface area contributed by atoms with Crippen LogP contribution in [0.25, 0.3) is 0 Å². The molecule has 0 aromatic heterocycles. The summed E-state index contributed by atoms with van der Waals surface area (Å²) in [7, 11) is 1.68. The lowest BCUT2D eigenvalue weighted by atomic mass is 9.66. The molecule has 8 nitrogen and oxygen atoms in total. The van der Waals surface area contributed by atoms with Gasteiger partial charge in [0.1, 0.15) is 11.6 Å². The number of hydrogen-bond donors (Lipinski definition) is 1. The molecule has 6 atom stereocenters. The summed E-state index contributed by atoms with van der Waals surface area (Å²) in [5.74, 6) is -2.70. The van der Waals surface area contributed by atoms with Gasteiger partial charge in [-0.25, -0.2) is 0 Å². The molecule has 0 radical (unpaired) electrons. The summed E-state index contributed by atoms with van der Waals surface area (Å²) in [5.41, 5.74) is -0.211. The molecule has 3 fully saturated rings. The van der Waals surface area contributed by atoms with Crippen LogP contribution in [0.2, 0.25) is 5.02 Å². The van der Waals surface area contributed by atoms with E-state index in [2.05, 4.69) is 13.2 Å². The maximum Gasteiger partial charge on any atom is 0.253 e. The van der Waals surface area contributed by atoms with Crippen molar-refractivity contribution in [2.45, 2.75) is 50.0 Å². The van der Waals surface area contributed by atoms with Crippen LogP contribution in [0.4, 0.5) is 5.69 Å². The summed E-state index contributed by atoms with van der Waals surface area (Å²) in [5, 5.41) is 11.1. The summed E-state index contributed by atoms with van der Waals surface area (Å²) in [6.07, 6.45) is 4.17. The number of benzene rings is 2. The molecule has 1 N–H and O–H groups in total. The van der Waals surface area contributed by atoms with E-state index in [1.807, 2.05) is 56.3 Å². The topological polar surface area (TPSA) is 90.4 Å². The van der Waals surface area contributed by atoms with Crippen LogP contribution < -0.4 is 4.90 Å². The molecule has 1 spiro atoms. The predicted octanol–water partition coefficient (Wildman–Crippen LogP) is 4.31. The number of aryl methyl sites for hydroxylation is 1. The van der Waals surface area contributed by atoms with E-state index in [0.29, 0.717) is 35.7 Å². The van der Waals surface area contributed by atoms with E-state index in [4.69, 9.17) is 16.3 Å². The van der Waals surface area contributed by atoms with Crippen molar-refractivity contribution in [3.05, 3.63) is 90.0 Å². The summed E-state index contributed by atoms with van der Waals surface area (Å²) in [6, 6.07) is 12.6. The minimum absolute atomic E-state index is 0.138. The van der Waals surface area contributed by atoms with E-state index in [1.54, 1.807) is 35.1 Å². The van der Waals surface area contributed by atoms with Gasteiger partial charge in [-0.15, -0.1) is 13.2 Å². The fourth-order valence-corrected chi connectivity index (χ4v) is 7.76. The number of ether oxygens (including phenoxy) is 1. The maximum atomic E-state index is 14.9. The van der Waals surface area contributed by atoms with Gasteiger partial charge in [-0.3, -0.25) is 14.4 Å². The number of likely N-dealkylation sites (tertiary alicyclic amines) is 1. The average molecular weight is 592 g/mol. The predicted molar refractivity (Wildman–Crippen MR) is 162 cm³/mol. The Morgan fingerprint density at radius 1 is 1.12 bits per heavy atom. The first kappa shape index (κ1) is 30.0. The zero-order valence-electron chi connectivity index (χ0n) is 24.3. The van der Waals surface area contributed by atoms with Crippen molar-refractivity contribution < 1.29 is 24.2 Å². The van der Waals surface area contributed by atoms with Gasteiger partial charge in [0.15, 0.2) is 0 Å². The highest BCUT2D eigenvalue weighted by atomic mass is 35.5. The monoisotopic (exact) mass is 591 g/mol. The number of aliphatic hydroxyl groups excluding tert-OH is 1. The Hall–Kier alpha value is -3.46. The number of para-hydroxylation sites is 1. The molecule has 0 aliphatic carbocycles. The quantitative estimate of drug-likeness (QED) is 0.416. The third-order valence-corrected chi connectivity index (χ3v) is 9.53. The molecule has 3 heterocycles. The van der Waals surface area contributed by atoms with E-state index in [1.165, 1.54) is 4.90 Å². The number of aliphatic hydroxyl groups is 1. The van der Waals surface area contributed by atoms with Crippen LogP contribution in [-0.2, 0) is 19.1 Å². The molecule has 2 bridgehead atoms. The van der Waals surface area contributed by atoms with E-state index in [0.717, 1.165) is 5.56 Å². The molecule has 3 aliphatic rings. The average Bonchev–Trinajstić information content (AvgIpc) is 3.54. The number of rotatable bonds is 10. The summed E-state index contributed by atoms with van der Waals surface area (Å²) < 4.78 is 6.80. The second-order valence-electron chi connectivity index (χ2n) is 11.7. The Bertz CT molecular complexity index is 1400. The molecule has 5 rings (SSSR count). The van der Waals surface area contributed by atoms with Crippen LogP contribution in [0.1, 0.15) is 36.9 Å². The number of amides is 3. The Balaban J connectivity index is 1.70. The van der Waals surface area contributed by atoms with Crippen LogP contribution in [0.15, 0.2) is 73.8 Å². The van der Waals surface area contributed by atoms with Crippen LogP contribution in [0.5, 0.6) is 0 Å². The van der Waals surface area contributed by atoms with Crippen molar-refractivity contribution in [2.75, 3.05) is 31.6 Å². The van der Waals surface area contributed by atoms with E-state index < -0.39 is 47.6 Å². The van der Waals surface area contributed by atoms with Gasteiger partial charge in [-0.1, -0.05) is 66.2 Å². The molecule has 42 heavy (non-hydrogen) atoms. The number of nitrogens with zero attached hydrogens (tertiary/aromatic N) is 3. The van der Waals surface area contributed by atoms with Crippen LogP contribution in [0.3, 0.4) is 0 Å². The molecule has 2 unspecified atom stereocenters. The number of carbonyl (C=O) groups excluding carboxylic acids is 3. The normalized spacial score (nSPS) is 28.4. The van der Waals surface area contributed by atoms with Crippen molar-refractivity contribution in [2.24, 2.45) is 11.8 Å². The third-order valence-electron chi connectivity index (χ3n) is 9.22. The van der Waals surface area contributed by atoms with Gasteiger partial charge in [-0.05, 0) is 43.9 Å². The first-order valence-corrected chi connectivity index (χ1v) is 14.7. The van der Waals surface area contributed by atoms with Gasteiger partial charge >= 0.3 is 0 Å². The van der Waals surface area contributed by atoms with Crippen LogP contribution in [0, 0.1) is 18.8 Å². The molecule has 222 valence electrons. The Morgan fingerprint density at radius 3 is 2.43 bits per heavy atom. The zero-order chi connectivity index (χ0) is 30.4.